The van der Waals surface area contributed by atoms with Crippen LogP contribution in [-0.2, 0) is 20.9 Å². The zero-order chi connectivity index (χ0) is 21.2. The highest BCUT2D eigenvalue weighted by Crippen LogP contribution is 2.36. The smallest absolute Gasteiger partial charge is 0.331 e. The summed E-state index contributed by atoms with van der Waals surface area (Å²) in [5, 5.41) is 0.372. The van der Waals surface area contributed by atoms with E-state index in [4.69, 9.17) is 25.8 Å². The van der Waals surface area contributed by atoms with Crippen molar-refractivity contribution < 1.29 is 23.8 Å². The number of esters is 1. The molecule has 0 heterocycles. The molecule has 0 aliphatic rings. The van der Waals surface area contributed by atoms with Crippen molar-refractivity contribution in [3.05, 3.63) is 64.7 Å². The first-order valence-corrected chi connectivity index (χ1v) is 9.45. The maximum absolute atomic E-state index is 12.1. The van der Waals surface area contributed by atoms with Crippen molar-refractivity contribution in [2.75, 3.05) is 27.4 Å². The van der Waals surface area contributed by atoms with Crippen LogP contribution in [0.3, 0.4) is 0 Å². The lowest BCUT2D eigenvalue weighted by Crippen LogP contribution is -2.30. The van der Waals surface area contributed by atoms with Crippen LogP contribution in [0.2, 0.25) is 5.02 Å². The summed E-state index contributed by atoms with van der Waals surface area (Å²) in [5.74, 6) is -0.00894. The third kappa shape index (κ3) is 6.84. The van der Waals surface area contributed by atoms with E-state index in [1.54, 1.807) is 19.2 Å². The fraction of sp³-hybridized carbons (Fsp3) is 0.273. The quantitative estimate of drug-likeness (QED) is 0.456. The van der Waals surface area contributed by atoms with Crippen LogP contribution in [0.4, 0.5) is 0 Å². The number of carbonyl (C=O) groups excluding carboxylic acids is 2. The Kier molecular flexibility index (Phi) is 8.55. The van der Waals surface area contributed by atoms with Crippen molar-refractivity contribution >= 4 is 29.6 Å². The molecule has 0 aliphatic heterocycles. The molecule has 29 heavy (non-hydrogen) atoms. The van der Waals surface area contributed by atoms with Crippen molar-refractivity contribution in [1.29, 1.82) is 0 Å². The lowest BCUT2D eigenvalue weighted by molar-refractivity contribution is -0.147. The van der Waals surface area contributed by atoms with Gasteiger partial charge < -0.3 is 19.1 Å². The molecule has 0 saturated carbocycles. The third-order valence-electron chi connectivity index (χ3n) is 3.98. The molecular formula is C22H24ClNO5. The van der Waals surface area contributed by atoms with E-state index in [0.29, 0.717) is 35.2 Å². The van der Waals surface area contributed by atoms with Gasteiger partial charge in [0.1, 0.15) is 0 Å². The molecular weight excluding hydrogens is 394 g/mol. The molecule has 2 aromatic rings. The molecule has 0 atom stereocenters. The zero-order valence-corrected chi connectivity index (χ0v) is 17.4. The van der Waals surface area contributed by atoms with E-state index in [1.807, 2.05) is 37.3 Å². The fourth-order valence-corrected chi connectivity index (χ4v) is 2.79. The van der Waals surface area contributed by atoms with E-state index in [-0.39, 0.29) is 12.5 Å². The van der Waals surface area contributed by atoms with Gasteiger partial charge in [0.05, 0.1) is 18.7 Å². The van der Waals surface area contributed by atoms with Gasteiger partial charge in [-0.25, -0.2) is 4.79 Å². The largest absolute Gasteiger partial charge is 0.493 e. The highest BCUT2D eigenvalue weighted by atomic mass is 35.5. The summed E-state index contributed by atoms with van der Waals surface area (Å²) >= 11 is 6.21. The van der Waals surface area contributed by atoms with Gasteiger partial charge in [-0.1, -0.05) is 41.9 Å². The van der Waals surface area contributed by atoms with Gasteiger partial charge >= 0.3 is 5.97 Å². The number of likely N-dealkylation sites (N-methyl/N-ethyl adjacent to an activating group) is 1. The second kappa shape index (κ2) is 11.1. The number of hydrogen-bond donors (Lipinski definition) is 0. The van der Waals surface area contributed by atoms with Crippen LogP contribution in [0, 0.1) is 0 Å². The molecule has 0 fully saturated rings. The van der Waals surface area contributed by atoms with Gasteiger partial charge in [-0.05, 0) is 36.3 Å². The summed E-state index contributed by atoms with van der Waals surface area (Å²) in [6, 6.07) is 12.9. The SMILES string of the molecule is CCOc1c(Cl)cc(/C=C/C(=O)OCC(=O)N(C)Cc2ccccc2)cc1OC. The van der Waals surface area contributed by atoms with Crippen molar-refractivity contribution in [1.82, 2.24) is 4.90 Å². The van der Waals surface area contributed by atoms with Crippen molar-refractivity contribution in [2.45, 2.75) is 13.5 Å². The standard InChI is InChI=1S/C22H24ClNO5/c1-4-28-22-18(23)12-17(13-19(22)27-3)10-11-21(26)29-15-20(25)24(2)14-16-8-6-5-7-9-16/h5-13H,4,14-15H2,1-3H3/b11-10+. The lowest BCUT2D eigenvalue weighted by atomic mass is 10.2. The van der Waals surface area contributed by atoms with Crippen LogP contribution in [0.15, 0.2) is 48.5 Å². The number of halogens is 1. The fourth-order valence-electron chi connectivity index (χ4n) is 2.52. The van der Waals surface area contributed by atoms with Crippen molar-refractivity contribution in [3.8, 4) is 11.5 Å². The van der Waals surface area contributed by atoms with Crippen molar-refractivity contribution in [3.63, 3.8) is 0 Å². The number of carbonyl (C=O) groups is 2. The second-order valence-corrected chi connectivity index (χ2v) is 6.55. The molecule has 0 bridgehead atoms. The monoisotopic (exact) mass is 417 g/mol. The minimum atomic E-state index is -0.629. The molecule has 0 saturated heterocycles. The summed E-state index contributed by atoms with van der Waals surface area (Å²) in [7, 11) is 3.17. The van der Waals surface area contributed by atoms with E-state index in [9.17, 15) is 9.59 Å². The van der Waals surface area contributed by atoms with Crippen LogP contribution >= 0.6 is 11.6 Å². The van der Waals surface area contributed by atoms with Crippen LogP contribution in [0.5, 0.6) is 11.5 Å². The average molecular weight is 418 g/mol. The predicted molar refractivity (Wildman–Crippen MR) is 112 cm³/mol. The number of hydrogen-bond acceptors (Lipinski definition) is 5. The molecule has 0 radical (unpaired) electrons. The molecule has 0 aromatic heterocycles. The topological polar surface area (TPSA) is 65.1 Å². The van der Waals surface area contributed by atoms with E-state index in [0.717, 1.165) is 5.56 Å². The van der Waals surface area contributed by atoms with Crippen LogP contribution in [0.1, 0.15) is 18.1 Å². The molecule has 2 rings (SSSR count). The number of nitrogens with zero attached hydrogens (tertiary/aromatic N) is 1. The normalized spacial score (nSPS) is 10.6. The highest BCUT2D eigenvalue weighted by molar-refractivity contribution is 6.32. The van der Waals surface area contributed by atoms with Gasteiger partial charge in [0.15, 0.2) is 18.1 Å². The summed E-state index contributed by atoms with van der Waals surface area (Å²) in [6.07, 6.45) is 2.76. The Morgan fingerprint density at radius 1 is 1.17 bits per heavy atom. The van der Waals surface area contributed by atoms with E-state index >= 15 is 0 Å². The Bertz CT molecular complexity index is 867. The molecule has 0 aliphatic carbocycles. The maximum atomic E-state index is 12.1. The number of amides is 1. The number of rotatable bonds is 9. The minimum absolute atomic E-state index is 0.290. The lowest BCUT2D eigenvalue weighted by Gasteiger charge is -2.16. The third-order valence-corrected chi connectivity index (χ3v) is 4.26. The molecule has 7 heteroatoms. The predicted octanol–water partition coefficient (Wildman–Crippen LogP) is 3.96. The van der Waals surface area contributed by atoms with Gasteiger partial charge in [-0.2, -0.15) is 0 Å². The first-order chi connectivity index (χ1) is 13.9. The Hall–Kier alpha value is -2.99. The van der Waals surface area contributed by atoms with Gasteiger partial charge in [-0.15, -0.1) is 0 Å². The second-order valence-electron chi connectivity index (χ2n) is 6.14. The van der Waals surface area contributed by atoms with Crippen LogP contribution in [-0.4, -0.2) is 44.1 Å². The number of methoxy groups -OCH3 is 1. The average Bonchev–Trinajstić information content (AvgIpc) is 2.72. The maximum Gasteiger partial charge on any atom is 0.331 e. The van der Waals surface area contributed by atoms with Gasteiger partial charge in [0, 0.05) is 19.7 Å². The highest BCUT2D eigenvalue weighted by Gasteiger charge is 2.13. The molecule has 154 valence electrons. The molecule has 2 aromatic carbocycles. The molecule has 0 N–H and O–H groups in total. The van der Waals surface area contributed by atoms with Crippen LogP contribution < -0.4 is 9.47 Å². The summed E-state index contributed by atoms with van der Waals surface area (Å²) in [5.41, 5.74) is 1.63. The summed E-state index contributed by atoms with van der Waals surface area (Å²) in [4.78, 5) is 25.6. The Labute approximate surface area is 175 Å². The van der Waals surface area contributed by atoms with Gasteiger partial charge in [0.2, 0.25) is 0 Å². The molecule has 1 amide bonds. The number of ether oxygens (including phenoxy) is 3. The Balaban J connectivity index is 1.90. The number of benzene rings is 2. The first kappa shape index (κ1) is 22.3. The van der Waals surface area contributed by atoms with Gasteiger partial charge in [-0.3, -0.25) is 4.79 Å². The Morgan fingerprint density at radius 2 is 1.90 bits per heavy atom. The minimum Gasteiger partial charge on any atom is -0.493 e. The molecule has 0 unspecified atom stereocenters. The van der Waals surface area contributed by atoms with E-state index in [2.05, 4.69) is 0 Å². The van der Waals surface area contributed by atoms with E-state index in [1.165, 1.54) is 24.2 Å². The Morgan fingerprint density at radius 3 is 2.55 bits per heavy atom. The van der Waals surface area contributed by atoms with Crippen LogP contribution in [0.25, 0.3) is 6.08 Å². The van der Waals surface area contributed by atoms with E-state index < -0.39 is 5.97 Å². The molecule has 6 nitrogen and oxygen atoms in total. The summed E-state index contributed by atoms with van der Waals surface area (Å²) in [6.45, 7) is 2.40. The molecule has 0 spiro atoms. The van der Waals surface area contributed by atoms with Crippen molar-refractivity contribution in [2.24, 2.45) is 0 Å². The first-order valence-electron chi connectivity index (χ1n) is 9.07. The summed E-state index contributed by atoms with van der Waals surface area (Å²) < 4.78 is 15.8. The van der Waals surface area contributed by atoms with Gasteiger partial charge in [0.25, 0.3) is 5.91 Å². The zero-order valence-electron chi connectivity index (χ0n) is 16.7.